The van der Waals surface area contributed by atoms with Crippen molar-refractivity contribution in [2.24, 2.45) is 0 Å². The average molecular weight is 233 g/mol. The molecule has 1 heterocycles. The molecule has 1 aromatic carbocycles. The third-order valence-corrected chi connectivity index (χ3v) is 3.18. The van der Waals surface area contributed by atoms with Crippen molar-refractivity contribution in [2.75, 3.05) is 0 Å². The first-order valence-electron chi connectivity index (χ1n) is 4.89. The third kappa shape index (κ3) is 2.28. The molecular formula is C12H11NO2S. The van der Waals surface area contributed by atoms with Gasteiger partial charge in [-0.3, -0.25) is 4.79 Å². The van der Waals surface area contributed by atoms with Gasteiger partial charge in [-0.15, -0.1) is 11.3 Å². The Labute approximate surface area is 97.4 Å². The largest absolute Gasteiger partial charge is 0.481 e. The van der Waals surface area contributed by atoms with Crippen LogP contribution in [0.4, 0.5) is 0 Å². The lowest BCUT2D eigenvalue weighted by Gasteiger charge is -2.00. The Kier molecular flexibility index (Phi) is 3.01. The normalized spacial score (nSPS) is 10.3. The summed E-state index contributed by atoms with van der Waals surface area (Å²) >= 11 is 1.48. The van der Waals surface area contributed by atoms with E-state index >= 15 is 0 Å². The minimum atomic E-state index is -0.846. The van der Waals surface area contributed by atoms with Gasteiger partial charge >= 0.3 is 5.97 Å². The molecule has 0 radical (unpaired) electrons. The number of benzene rings is 1. The maximum absolute atomic E-state index is 10.5. The van der Waals surface area contributed by atoms with Crippen LogP contribution in [0.2, 0.25) is 0 Å². The zero-order valence-corrected chi connectivity index (χ0v) is 9.62. The molecule has 16 heavy (non-hydrogen) atoms. The van der Waals surface area contributed by atoms with E-state index in [0.29, 0.717) is 5.69 Å². The predicted octanol–water partition coefficient (Wildman–Crippen LogP) is 2.75. The Balaban J connectivity index is 2.32. The number of carboxylic acid groups (broad SMARTS) is 1. The molecule has 0 amide bonds. The number of aliphatic carboxylic acids is 1. The van der Waals surface area contributed by atoms with E-state index in [4.69, 9.17) is 5.11 Å². The summed E-state index contributed by atoms with van der Waals surface area (Å²) in [5.41, 5.74) is 2.85. The fraction of sp³-hybridized carbons (Fsp3) is 0.167. The van der Waals surface area contributed by atoms with Crippen LogP contribution in [-0.2, 0) is 11.2 Å². The van der Waals surface area contributed by atoms with Gasteiger partial charge in [0.05, 0.1) is 12.1 Å². The first kappa shape index (κ1) is 10.8. The summed E-state index contributed by atoms with van der Waals surface area (Å²) < 4.78 is 0. The summed E-state index contributed by atoms with van der Waals surface area (Å²) in [4.78, 5) is 14.9. The zero-order valence-electron chi connectivity index (χ0n) is 8.80. The standard InChI is InChI=1S/C12H11NO2S/c1-8-4-2-3-5-10(8)12-13-9(7-16-12)6-11(14)15/h2-5,7H,6H2,1H3,(H,14,15). The molecular weight excluding hydrogens is 222 g/mol. The number of rotatable bonds is 3. The number of carboxylic acids is 1. The lowest BCUT2D eigenvalue weighted by molar-refractivity contribution is -0.136. The van der Waals surface area contributed by atoms with Crippen LogP contribution in [0.3, 0.4) is 0 Å². The van der Waals surface area contributed by atoms with Gasteiger partial charge in [-0.05, 0) is 12.5 Å². The second-order valence-corrected chi connectivity index (χ2v) is 4.39. The van der Waals surface area contributed by atoms with Gasteiger partial charge in [0.2, 0.25) is 0 Å². The van der Waals surface area contributed by atoms with Crippen molar-refractivity contribution in [3.05, 3.63) is 40.9 Å². The van der Waals surface area contributed by atoms with Gasteiger partial charge in [0.15, 0.2) is 0 Å². The molecule has 0 atom stereocenters. The highest BCUT2D eigenvalue weighted by Crippen LogP contribution is 2.26. The highest BCUT2D eigenvalue weighted by molar-refractivity contribution is 7.13. The predicted molar refractivity (Wildman–Crippen MR) is 63.6 cm³/mol. The molecule has 0 unspecified atom stereocenters. The Hall–Kier alpha value is -1.68. The second-order valence-electron chi connectivity index (χ2n) is 3.53. The van der Waals surface area contributed by atoms with E-state index in [1.54, 1.807) is 5.38 Å². The molecule has 0 aliphatic carbocycles. The molecule has 82 valence electrons. The van der Waals surface area contributed by atoms with Crippen LogP contribution in [0.25, 0.3) is 10.6 Å². The minimum absolute atomic E-state index is 0.0115. The average Bonchev–Trinajstić information content (AvgIpc) is 2.66. The van der Waals surface area contributed by atoms with Crippen LogP contribution >= 0.6 is 11.3 Å². The van der Waals surface area contributed by atoms with Crippen molar-refractivity contribution in [1.82, 2.24) is 4.98 Å². The number of hydrogen-bond acceptors (Lipinski definition) is 3. The van der Waals surface area contributed by atoms with Crippen LogP contribution in [0.5, 0.6) is 0 Å². The van der Waals surface area contributed by atoms with Crippen molar-refractivity contribution in [3.8, 4) is 10.6 Å². The molecule has 2 rings (SSSR count). The van der Waals surface area contributed by atoms with Gasteiger partial charge in [0.25, 0.3) is 0 Å². The Morgan fingerprint density at radius 2 is 2.19 bits per heavy atom. The molecule has 0 aliphatic rings. The van der Waals surface area contributed by atoms with Crippen molar-refractivity contribution in [2.45, 2.75) is 13.3 Å². The van der Waals surface area contributed by atoms with Gasteiger partial charge in [-0.25, -0.2) is 4.98 Å². The maximum Gasteiger partial charge on any atom is 0.309 e. The molecule has 0 saturated heterocycles. The van der Waals surface area contributed by atoms with Gasteiger partial charge < -0.3 is 5.11 Å². The molecule has 0 bridgehead atoms. The van der Waals surface area contributed by atoms with Gasteiger partial charge in [0.1, 0.15) is 5.01 Å². The number of hydrogen-bond donors (Lipinski definition) is 1. The number of aromatic nitrogens is 1. The van der Waals surface area contributed by atoms with E-state index < -0.39 is 5.97 Å². The van der Waals surface area contributed by atoms with Crippen molar-refractivity contribution in [3.63, 3.8) is 0 Å². The second kappa shape index (κ2) is 4.45. The summed E-state index contributed by atoms with van der Waals surface area (Å²) in [5, 5.41) is 11.4. The minimum Gasteiger partial charge on any atom is -0.481 e. The van der Waals surface area contributed by atoms with E-state index in [0.717, 1.165) is 16.1 Å². The molecule has 0 spiro atoms. The van der Waals surface area contributed by atoms with Gasteiger partial charge in [-0.2, -0.15) is 0 Å². The van der Waals surface area contributed by atoms with E-state index in [2.05, 4.69) is 4.98 Å². The summed E-state index contributed by atoms with van der Waals surface area (Å²) in [6.07, 6.45) is -0.0115. The van der Waals surface area contributed by atoms with E-state index in [9.17, 15) is 4.79 Å². The van der Waals surface area contributed by atoms with Crippen LogP contribution in [-0.4, -0.2) is 16.1 Å². The smallest absolute Gasteiger partial charge is 0.309 e. The zero-order chi connectivity index (χ0) is 11.5. The fourth-order valence-corrected chi connectivity index (χ4v) is 2.39. The van der Waals surface area contributed by atoms with E-state index in [1.165, 1.54) is 11.3 Å². The van der Waals surface area contributed by atoms with Crippen LogP contribution in [0.15, 0.2) is 29.6 Å². The summed E-state index contributed by atoms with van der Waals surface area (Å²) in [6, 6.07) is 7.96. The molecule has 2 aromatic rings. The molecule has 3 nitrogen and oxygen atoms in total. The molecule has 0 aliphatic heterocycles. The van der Waals surface area contributed by atoms with E-state index in [-0.39, 0.29) is 6.42 Å². The topological polar surface area (TPSA) is 50.2 Å². The van der Waals surface area contributed by atoms with Crippen molar-refractivity contribution >= 4 is 17.3 Å². The first-order chi connectivity index (χ1) is 7.66. The number of thiazole rings is 1. The summed E-state index contributed by atoms with van der Waals surface area (Å²) in [5.74, 6) is -0.846. The molecule has 1 N–H and O–H groups in total. The van der Waals surface area contributed by atoms with Crippen LogP contribution in [0.1, 0.15) is 11.3 Å². The molecule has 1 aromatic heterocycles. The third-order valence-electron chi connectivity index (χ3n) is 2.26. The first-order valence-corrected chi connectivity index (χ1v) is 5.77. The monoisotopic (exact) mass is 233 g/mol. The van der Waals surface area contributed by atoms with Crippen LogP contribution in [0, 0.1) is 6.92 Å². The Bertz CT molecular complexity index is 519. The van der Waals surface area contributed by atoms with Gasteiger partial charge in [-0.1, -0.05) is 24.3 Å². The molecule has 0 fully saturated rings. The number of aryl methyl sites for hydroxylation is 1. The van der Waals surface area contributed by atoms with Crippen molar-refractivity contribution < 1.29 is 9.90 Å². The summed E-state index contributed by atoms with van der Waals surface area (Å²) in [6.45, 7) is 2.02. The quantitative estimate of drug-likeness (QED) is 0.886. The van der Waals surface area contributed by atoms with Crippen LogP contribution < -0.4 is 0 Å². The lowest BCUT2D eigenvalue weighted by Crippen LogP contribution is -1.99. The summed E-state index contributed by atoms with van der Waals surface area (Å²) in [7, 11) is 0. The van der Waals surface area contributed by atoms with Crippen molar-refractivity contribution in [1.29, 1.82) is 0 Å². The maximum atomic E-state index is 10.5. The Morgan fingerprint density at radius 3 is 2.88 bits per heavy atom. The molecule has 0 saturated carbocycles. The number of carbonyl (C=O) groups is 1. The number of nitrogens with zero attached hydrogens (tertiary/aromatic N) is 1. The Morgan fingerprint density at radius 1 is 1.44 bits per heavy atom. The highest BCUT2D eigenvalue weighted by Gasteiger charge is 2.08. The fourth-order valence-electron chi connectivity index (χ4n) is 1.48. The lowest BCUT2D eigenvalue weighted by atomic mass is 10.1. The highest BCUT2D eigenvalue weighted by atomic mass is 32.1. The molecule has 4 heteroatoms. The van der Waals surface area contributed by atoms with Gasteiger partial charge in [0, 0.05) is 10.9 Å². The van der Waals surface area contributed by atoms with E-state index in [1.807, 2.05) is 31.2 Å². The SMILES string of the molecule is Cc1ccccc1-c1nc(CC(=O)O)cs1.